The molecule has 76 valence electrons. The van der Waals surface area contributed by atoms with E-state index in [1.807, 2.05) is 0 Å². The van der Waals surface area contributed by atoms with E-state index in [9.17, 15) is 14.6 Å². The van der Waals surface area contributed by atoms with E-state index in [4.69, 9.17) is 4.11 Å². The summed E-state index contributed by atoms with van der Waals surface area (Å²) in [5.41, 5.74) is -0.450. The number of hydrogen-bond donors (Lipinski definition) is 2. The fourth-order valence-corrected chi connectivity index (χ4v) is 1.31. The molecule has 2 nitrogen and oxygen atoms in total. The molecule has 2 aromatic carbocycles. The van der Waals surface area contributed by atoms with Gasteiger partial charge in [0.05, 0.1) is 9.68 Å². The highest BCUT2D eigenvalue weighted by Gasteiger charge is 2.12. The number of benzene rings is 2. The molecule has 0 spiro atoms. The summed E-state index contributed by atoms with van der Waals surface area (Å²) in [7, 11) is 0. The summed E-state index contributed by atoms with van der Waals surface area (Å²) in [5.74, 6) is -2.11. The molecule has 0 unspecified atom stereocenters. The van der Waals surface area contributed by atoms with Gasteiger partial charge in [0.1, 0.15) is 17.3 Å². The lowest BCUT2D eigenvalue weighted by Gasteiger charge is -2.07. The van der Waals surface area contributed by atoms with Crippen LogP contribution in [0.1, 0.15) is 4.11 Å². The Morgan fingerprint density at radius 3 is 2.27 bits per heavy atom. The van der Waals surface area contributed by atoms with E-state index in [1.54, 1.807) is 0 Å². The zero-order valence-electron chi connectivity index (χ0n) is 10.6. The van der Waals surface area contributed by atoms with E-state index in [-0.39, 0.29) is 11.1 Å². The van der Waals surface area contributed by atoms with Crippen molar-refractivity contribution in [3.05, 3.63) is 48.2 Å². The quantitative estimate of drug-likeness (QED) is 0.754. The van der Waals surface area contributed by atoms with Crippen LogP contribution in [0.15, 0.2) is 42.4 Å². The zero-order valence-corrected chi connectivity index (χ0v) is 7.58. The topological polar surface area (TPSA) is 40.5 Å². The summed E-state index contributed by atoms with van der Waals surface area (Å²) in [6.07, 6.45) is 0. The SMILES string of the molecule is [2H]c1c([2H])c(O)c(-c2ccccc2F)c(O)c1[2H]. The van der Waals surface area contributed by atoms with Crippen LogP contribution in [-0.2, 0) is 0 Å². The lowest BCUT2D eigenvalue weighted by atomic mass is 10.0. The average molecular weight is 207 g/mol. The zero-order chi connectivity index (χ0) is 13.4. The molecule has 0 aliphatic carbocycles. The predicted molar refractivity (Wildman–Crippen MR) is 55.2 cm³/mol. The second-order valence-corrected chi connectivity index (χ2v) is 2.93. The highest BCUT2D eigenvalue weighted by atomic mass is 19.1. The molecule has 2 rings (SSSR count). The summed E-state index contributed by atoms with van der Waals surface area (Å²) < 4.78 is 35.9. The van der Waals surface area contributed by atoms with Crippen LogP contribution in [0.25, 0.3) is 11.1 Å². The van der Waals surface area contributed by atoms with Crippen LogP contribution in [0.2, 0.25) is 0 Å². The van der Waals surface area contributed by atoms with Crippen LogP contribution in [0, 0.1) is 5.82 Å². The third-order valence-electron chi connectivity index (χ3n) is 1.98. The molecule has 0 aliphatic rings. The number of halogens is 1. The Balaban J connectivity index is 2.85. The molecule has 2 aromatic rings. The van der Waals surface area contributed by atoms with Crippen molar-refractivity contribution in [2.45, 2.75) is 0 Å². The van der Waals surface area contributed by atoms with Gasteiger partial charge in [-0.3, -0.25) is 0 Å². The van der Waals surface area contributed by atoms with Crippen LogP contribution >= 0.6 is 0 Å². The maximum absolute atomic E-state index is 13.6. The first kappa shape index (κ1) is 6.45. The fraction of sp³-hybridized carbons (Fsp3) is 0. The van der Waals surface area contributed by atoms with E-state index in [1.165, 1.54) is 18.2 Å². The van der Waals surface area contributed by atoms with Crippen LogP contribution < -0.4 is 0 Å². The Hall–Kier alpha value is -2.03. The van der Waals surface area contributed by atoms with Gasteiger partial charge >= 0.3 is 0 Å². The van der Waals surface area contributed by atoms with Gasteiger partial charge in [0.15, 0.2) is 0 Å². The first-order chi connectivity index (χ1) is 8.45. The van der Waals surface area contributed by atoms with E-state index in [0.717, 1.165) is 6.07 Å². The summed E-state index contributed by atoms with van der Waals surface area (Å²) in [6, 6.07) is 3.55. The first-order valence-corrected chi connectivity index (χ1v) is 4.21. The summed E-state index contributed by atoms with van der Waals surface area (Å²) in [4.78, 5) is 0. The maximum atomic E-state index is 13.6. The largest absolute Gasteiger partial charge is 0.507 e. The van der Waals surface area contributed by atoms with Crippen molar-refractivity contribution >= 4 is 0 Å². The highest BCUT2D eigenvalue weighted by molar-refractivity contribution is 5.76. The Morgan fingerprint density at radius 1 is 1.07 bits per heavy atom. The van der Waals surface area contributed by atoms with Crippen LogP contribution in [-0.4, -0.2) is 10.2 Å². The van der Waals surface area contributed by atoms with Crippen molar-refractivity contribution in [2.75, 3.05) is 0 Å². The van der Waals surface area contributed by atoms with E-state index < -0.39 is 35.4 Å². The Labute approximate surface area is 90.5 Å². The molecule has 0 saturated carbocycles. The normalized spacial score (nSPS) is 13.0. The number of hydrogen-bond acceptors (Lipinski definition) is 2. The van der Waals surface area contributed by atoms with E-state index in [2.05, 4.69) is 0 Å². The number of aromatic hydroxyl groups is 2. The van der Waals surface area contributed by atoms with Gasteiger partial charge in [-0.2, -0.15) is 0 Å². The highest BCUT2D eigenvalue weighted by Crippen LogP contribution is 2.37. The molecule has 0 fully saturated rings. The lowest BCUT2D eigenvalue weighted by molar-refractivity contribution is 0.453. The average Bonchev–Trinajstić information content (AvgIpc) is 2.36. The van der Waals surface area contributed by atoms with Crippen molar-refractivity contribution in [2.24, 2.45) is 0 Å². The van der Waals surface area contributed by atoms with Gasteiger partial charge in [-0.1, -0.05) is 24.2 Å². The van der Waals surface area contributed by atoms with Gasteiger partial charge in [-0.15, -0.1) is 0 Å². The maximum Gasteiger partial charge on any atom is 0.131 e. The molecule has 0 aliphatic heterocycles. The Bertz CT molecular complexity index is 600. The molecule has 0 heterocycles. The van der Waals surface area contributed by atoms with Crippen LogP contribution in [0.4, 0.5) is 4.39 Å². The van der Waals surface area contributed by atoms with Gasteiger partial charge in [-0.05, 0) is 18.2 Å². The van der Waals surface area contributed by atoms with Crippen molar-refractivity contribution < 1.29 is 18.7 Å². The summed E-state index contributed by atoms with van der Waals surface area (Å²) >= 11 is 0. The minimum Gasteiger partial charge on any atom is -0.507 e. The summed E-state index contributed by atoms with van der Waals surface area (Å²) in [6.45, 7) is 0. The Kier molecular flexibility index (Phi) is 1.55. The van der Waals surface area contributed by atoms with Crippen LogP contribution in [0.3, 0.4) is 0 Å². The third kappa shape index (κ3) is 1.64. The molecular formula is C12H9FO2. The molecule has 0 radical (unpaired) electrons. The van der Waals surface area contributed by atoms with Gasteiger partial charge in [0.2, 0.25) is 0 Å². The Morgan fingerprint density at radius 2 is 1.67 bits per heavy atom. The fourth-order valence-electron chi connectivity index (χ4n) is 1.31. The molecule has 0 amide bonds. The van der Waals surface area contributed by atoms with Crippen LogP contribution in [0.5, 0.6) is 11.5 Å². The first-order valence-electron chi connectivity index (χ1n) is 5.71. The van der Waals surface area contributed by atoms with Gasteiger partial charge in [0.25, 0.3) is 0 Å². The van der Waals surface area contributed by atoms with E-state index in [0.29, 0.717) is 0 Å². The number of phenolic OH excluding ortho intramolecular Hbond substituents is 2. The lowest BCUT2D eigenvalue weighted by Crippen LogP contribution is -1.85. The molecular weight excluding hydrogens is 195 g/mol. The molecule has 3 heteroatoms. The molecule has 2 N–H and O–H groups in total. The second-order valence-electron chi connectivity index (χ2n) is 2.93. The standard InChI is InChI=1S/C12H9FO2/c13-9-5-2-1-4-8(9)12-10(14)6-3-7-11(12)15/h1-7,14-15H/i3D,6D,7D. The van der Waals surface area contributed by atoms with E-state index >= 15 is 0 Å². The molecule has 0 saturated heterocycles. The predicted octanol–water partition coefficient (Wildman–Crippen LogP) is 2.90. The van der Waals surface area contributed by atoms with Gasteiger partial charge in [0, 0.05) is 5.56 Å². The van der Waals surface area contributed by atoms with Gasteiger partial charge < -0.3 is 10.2 Å². The molecule has 0 atom stereocenters. The molecule has 0 bridgehead atoms. The summed E-state index contributed by atoms with van der Waals surface area (Å²) in [5, 5.41) is 19.5. The van der Waals surface area contributed by atoms with Crippen molar-refractivity contribution in [3.63, 3.8) is 0 Å². The third-order valence-corrected chi connectivity index (χ3v) is 1.98. The number of phenols is 2. The van der Waals surface area contributed by atoms with Gasteiger partial charge in [-0.25, -0.2) is 4.39 Å². The van der Waals surface area contributed by atoms with Crippen molar-refractivity contribution in [3.8, 4) is 22.6 Å². The van der Waals surface area contributed by atoms with Crippen molar-refractivity contribution in [1.82, 2.24) is 0 Å². The monoisotopic (exact) mass is 207 g/mol. The molecule has 0 aromatic heterocycles. The minimum atomic E-state index is -0.710. The minimum absolute atomic E-state index is 0.116. The number of rotatable bonds is 1. The molecule has 15 heavy (non-hydrogen) atoms. The van der Waals surface area contributed by atoms with Crippen molar-refractivity contribution in [1.29, 1.82) is 0 Å². The second kappa shape index (κ2) is 3.61. The smallest absolute Gasteiger partial charge is 0.131 e.